The summed E-state index contributed by atoms with van der Waals surface area (Å²) in [6.45, 7) is 11.1. The molecule has 0 aromatic rings. The number of hydrogen-bond donors (Lipinski definition) is 1. The van der Waals surface area contributed by atoms with Crippen molar-refractivity contribution in [1.29, 1.82) is 0 Å². The summed E-state index contributed by atoms with van der Waals surface area (Å²) in [7, 11) is 0. The number of aliphatic carboxylic acids is 1. The van der Waals surface area contributed by atoms with Crippen LogP contribution in [0.1, 0.15) is 47.0 Å². The Hall–Kier alpha value is -0.570. The number of nitrogens with zero attached hydrogens (tertiary/aromatic N) is 1. The highest BCUT2D eigenvalue weighted by Gasteiger charge is 2.38. The average Bonchev–Trinajstić information content (AvgIpc) is 1.96. The van der Waals surface area contributed by atoms with Crippen LogP contribution in [0.15, 0.2) is 0 Å². The molecule has 1 aliphatic rings. The van der Waals surface area contributed by atoms with E-state index in [9.17, 15) is 4.79 Å². The minimum Gasteiger partial charge on any atom is -0.481 e. The van der Waals surface area contributed by atoms with Gasteiger partial charge in [0.2, 0.25) is 0 Å². The maximum absolute atomic E-state index is 10.8. The van der Waals surface area contributed by atoms with Crippen molar-refractivity contribution in [3.8, 4) is 0 Å². The van der Waals surface area contributed by atoms with Crippen molar-refractivity contribution in [3.05, 3.63) is 0 Å². The maximum Gasteiger partial charge on any atom is 0.304 e. The second-order valence-corrected chi connectivity index (χ2v) is 6.06. The van der Waals surface area contributed by atoms with Gasteiger partial charge in [0.1, 0.15) is 0 Å². The van der Waals surface area contributed by atoms with E-state index in [2.05, 4.69) is 32.6 Å². The van der Waals surface area contributed by atoms with Crippen LogP contribution in [-0.4, -0.2) is 35.1 Å². The summed E-state index contributed by atoms with van der Waals surface area (Å²) in [5.74, 6) is 0.0540. The number of likely N-dealkylation sites (tertiary alicyclic amines) is 1. The van der Waals surface area contributed by atoms with Crippen molar-refractivity contribution in [2.75, 3.05) is 13.1 Å². The molecule has 3 heteroatoms. The van der Waals surface area contributed by atoms with E-state index in [4.69, 9.17) is 5.11 Å². The van der Waals surface area contributed by atoms with E-state index >= 15 is 0 Å². The number of carbonyl (C=O) groups is 1. The zero-order valence-electron chi connectivity index (χ0n) is 11.0. The van der Waals surface area contributed by atoms with Crippen LogP contribution in [0.3, 0.4) is 0 Å². The van der Waals surface area contributed by atoms with Crippen LogP contribution < -0.4 is 0 Å². The molecular weight excluding hydrogens is 202 g/mol. The molecule has 1 aliphatic heterocycles. The van der Waals surface area contributed by atoms with Gasteiger partial charge in [-0.05, 0) is 17.8 Å². The summed E-state index contributed by atoms with van der Waals surface area (Å²) >= 11 is 0. The fourth-order valence-electron chi connectivity index (χ4n) is 2.31. The first-order chi connectivity index (χ1) is 7.34. The summed E-state index contributed by atoms with van der Waals surface area (Å²) in [6.07, 6.45) is 2.36. The van der Waals surface area contributed by atoms with E-state index in [0.717, 1.165) is 31.8 Å². The SMILES string of the molecule is CCCC(CC(=O)O)N1CC(C(C)(C)C)C1. The number of rotatable bonds is 5. The van der Waals surface area contributed by atoms with Crippen molar-refractivity contribution >= 4 is 5.97 Å². The zero-order valence-corrected chi connectivity index (χ0v) is 11.0. The Balaban J connectivity index is 2.42. The summed E-state index contributed by atoms with van der Waals surface area (Å²) < 4.78 is 0. The van der Waals surface area contributed by atoms with Crippen LogP contribution in [-0.2, 0) is 4.79 Å². The highest BCUT2D eigenvalue weighted by Crippen LogP contribution is 2.35. The zero-order chi connectivity index (χ0) is 12.3. The summed E-state index contributed by atoms with van der Waals surface area (Å²) in [5, 5.41) is 8.88. The standard InChI is InChI=1S/C13H25NO2/c1-5-6-11(7-12(15)16)14-8-10(9-14)13(2,3)4/h10-11H,5-9H2,1-4H3,(H,15,16). The Morgan fingerprint density at radius 1 is 1.44 bits per heavy atom. The molecule has 1 heterocycles. The van der Waals surface area contributed by atoms with Gasteiger partial charge in [0, 0.05) is 19.1 Å². The Kier molecular flexibility index (Phi) is 4.36. The third kappa shape index (κ3) is 3.48. The van der Waals surface area contributed by atoms with Crippen molar-refractivity contribution in [2.24, 2.45) is 11.3 Å². The van der Waals surface area contributed by atoms with Crippen LogP contribution in [0, 0.1) is 11.3 Å². The first-order valence-electron chi connectivity index (χ1n) is 6.30. The summed E-state index contributed by atoms with van der Waals surface area (Å²) in [5.41, 5.74) is 0.358. The molecule has 1 saturated heterocycles. The van der Waals surface area contributed by atoms with Gasteiger partial charge in [-0.15, -0.1) is 0 Å². The van der Waals surface area contributed by atoms with E-state index in [1.807, 2.05) is 0 Å². The van der Waals surface area contributed by atoms with Crippen molar-refractivity contribution in [3.63, 3.8) is 0 Å². The number of hydrogen-bond acceptors (Lipinski definition) is 2. The first-order valence-corrected chi connectivity index (χ1v) is 6.30. The minimum atomic E-state index is -0.669. The lowest BCUT2D eigenvalue weighted by Crippen LogP contribution is -2.56. The van der Waals surface area contributed by atoms with E-state index in [0.29, 0.717) is 11.8 Å². The van der Waals surface area contributed by atoms with Crippen LogP contribution in [0.2, 0.25) is 0 Å². The topological polar surface area (TPSA) is 40.5 Å². The highest BCUT2D eigenvalue weighted by atomic mass is 16.4. The molecular formula is C13H25NO2. The second-order valence-electron chi connectivity index (χ2n) is 6.06. The predicted octanol–water partition coefficient (Wildman–Crippen LogP) is 2.61. The molecule has 94 valence electrons. The van der Waals surface area contributed by atoms with E-state index in [1.54, 1.807) is 0 Å². The van der Waals surface area contributed by atoms with E-state index < -0.39 is 5.97 Å². The summed E-state index contributed by atoms with van der Waals surface area (Å²) in [4.78, 5) is 13.1. The van der Waals surface area contributed by atoms with Gasteiger partial charge in [0.25, 0.3) is 0 Å². The molecule has 1 fully saturated rings. The van der Waals surface area contributed by atoms with Gasteiger partial charge in [0.15, 0.2) is 0 Å². The second kappa shape index (κ2) is 5.17. The van der Waals surface area contributed by atoms with Gasteiger partial charge in [-0.3, -0.25) is 9.69 Å². The molecule has 1 rings (SSSR count). The van der Waals surface area contributed by atoms with Gasteiger partial charge in [-0.1, -0.05) is 34.1 Å². The third-order valence-electron chi connectivity index (χ3n) is 3.68. The number of carboxylic acid groups (broad SMARTS) is 1. The molecule has 16 heavy (non-hydrogen) atoms. The van der Waals surface area contributed by atoms with Crippen molar-refractivity contribution in [2.45, 2.75) is 53.0 Å². The van der Waals surface area contributed by atoms with Crippen LogP contribution in [0.5, 0.6) is 0 Å². The molecule has 0 saturated carbocycles. The van der Waals surface area contributed by atoms with Gasteiger partial charge in [0.05, 0.1) is 6.42 Å². The molecule has 0 radical (unpaired) electrons. The van der Waals surface area contributed by atoms with Crippen molar-refractivity contribution in [1.82, 2.24) is 4.90 Å². The maximum atomic E-state index is 10.8. The first kappa shape index (κ1) is 13.5. The van der Waals surface area contributed by atoms with E-state index in [1.165, 1.54) is 0 Å². The highest BCUT2D eigenvalue weighted by molar-refractivity contribution is 5.67. The van der Waals surface area contributed by atoms with Gasteiger partial charge >= 0.3 is 5.97 Å². The molecule has 0 amide bonds. The quantitative estimate of drug-likeness (QED) is 0.785. The van der Waals surface area contributed by atoms with Crippen LogP contribution >= 0.6 is 0 Å². The van der Waals surface area contributed by atoms with Gasteiger partial charge < -0.3 is 5.11 Å². The Bertz CT molecular complexity index is 239. The molecule has 0 aromatic carbocycles. The molecule has 1 atom stereocenters. The minimum absolute atomic E-state index is 0.251. The average molecular weight is 227 g/mol. The number of carboxylic acids is 1. The molecule has 0 spiro atoms. The Morgan fingerprint density at radius 2 is 2.00 bits per heavy atom. The third-order valence-corrected chi connectivity index (χ3v) is 3.68. The smallest absolute Gasteiger partial charge is 0.304 e. The fourth-order valence-corrected chi connectivity index (χ4v) is 2.31. The van der Waals surface area contributed by atoms with Crippen LogP contribution in [0.25, 0.3) is 0 Å². The van der Waals surface area contributed by atoms with Gasteiger partial charge in [-0.25, -0.2) is 0 Å². The lowest BCUT2D eigenvalue weighted by atomic mass is 9.75. The van der Waals surface area contributed by atoms with Crippen LogP contribution in [0.4, 0.5) is 0 Å². The largest absolute Gasteiger partial charge is 0.481 e. The fraction of sp³-hybridized carbons (Fsp3) is 0.923. The lowest BCUT2D eigenvalue weighted by Gasteiger charge is -2.49. The monoisotopic (exact) mass is 227 g/mol. The van der Waals surface area contributed by atoms with E-state index in [-0.39, 0.29) is 6.04 Å². The molecule has 0 bridgehead atoms. The van der Waals surface area contributed by atoms with Crippen molar-refractivity contribution < 1.29 is 9.90 Å². The molecule has 0 aliphatic carbocycles. The normalized spacial score (nSPS) is 20.5. The lowest BCUT2D eigenvalue weighted by molar-refractivity contribution is -0.139. The molecule has 0 aromatic heterocycles. The van der Waals surface area contributed by atoms with Gasteiger partial charge in [-0.2, -0.15) is 0 Å². The summed E-state index contributed by atoms with van der Waals surface area (Å²) in [6, 6.07) is 0.251. The predicted molar refractivity (Wildman–Crippen MR) is 65.5 cm³/mol. The molecule has 1 unspecified atom stereocenters. The molecule has 3 nitrogen and oxygen atoms in total. The Morgan fingerprint density at radius 3 is 2.38 bits per heavy atom. The Labute approximate surface area is 98.8 Å². The molecule has 1 N–H and O–H groups in total.